The van der Waals surface area contributed by atoms with Crippen molar-refractivity contribution in [1.29, 1.82) is 0 Å². The highest BCUT2D eigenvalue weighted by Gasteiger charge is 2.09. The van der Waals surface area contributed by atoms with Crippen molar-refractivity contribution in [1.82, 2.24) is 24.6 Å². The molecule has 0 unspecified atom stereocenters. The molecule has 0 aliphatic rings. The van der Waals surface area contributed by atoms with Gasteiger partial charge in [-0.2, -0.15) is 14.6 Å². The fourth-order valence-electron chi connectivity index (χ4n) is 2.74. The van der Waals surface area contributed by atoms with Crippen LogP contribution in [0.15, 0.2) is 61.2 Å². The second-order valence-electron chi connectivity index (χ2n) is 5.76. The van der Waals surface area contributed by atoms with Gasteiger partial charge in [0.25, 0.3) is 5.78 Å². The summed E-state index contributed by atoms with van der Waals surface area (Å²) < 4.78 is 6.90. The van der Waals surface area contributed by atoms with E-state index in [1.165, 1.54) is 11.9 Å². The van der Waals surface area contributed by atoms with Crippen LogP contribution in [-0.2, 0) is 6.42 Å². The normalized spacial score (nSPS) is 10.8. The Balaban J connectivity index is 1.54. The van der Waals surface area contributed by atoms with E-state index in [-0.39, 0.29) is 0 Å². The largest absolute Gasteiger partial charge is 0.497 e. The Hall–Kier alpha value is -3.48. The molecule has 0 bridgehead atoms. The molecule has 130 valence electrons. The smallest absolute Gasteiger partial charge is 0.254 e. The average Bonchev–Trinajstić information content (AvgIpc) is 3.18. The van der Waals surface area contributed by atoms with E-state index in [2.05, 4.69) is 37.5 Å². The first-order valence-electron chi connectivity index (χ1n) is 8.31. The number of hydrogen-bond acceptors (Lipinski definition) is 6. The second-order valence-corrected chi connectivity index (χ2v) is 5.76. The van der Waals surface area contributed by atoms with Crippen molar-refractivity contribution in [2.75, 3.05) is 19.0 Å². The molecule has 26 heavy (non-hydrogen) atoms. The maximum atomic E-state index is 5.19. The highest BCUT2D eigenvalue weighted by Crippen LogP contribution is 2.21. The molecule has 0 aliphatic heterocycles. The van der Waals surface area contributed by atoms with E-state index in [0.29, 0.717) is 5.78 Å². The third kappa shape index (κ3) is 3.32. The predicted octanol–water partition coefficient (Wildman–Crippen LogP) is 2.85. The van der Waals surface area contributed by atoms with Gasteiger partial charge in [0.2, 0.25) is 0 Å². The summed E-state index contributed by atoms with van der Waals surface area (Å²) in [5.74, 6) is 2.28. The Kier molecular flexibility index (Phi) is 4.42. The quantitative estimate of drug-likeness (QED) is 0.578. The average molecular weight is 346 g/mol. The zero-order chi connectivity index (χ0) is 17.8. The fourth-order valence-corrected chi connectivity index (χ4v) is 2.74. The van der Waals surface area contributed by atoms with Gasteiger partial charge in [-0.05, 0) is 36.2 Å². The summed E-state index contributed by atoms with van der Waals surface area (Å²) in [5, 5.41) is 7.69. The Morgan fingerprint density at radius 1 is 1.08 bits per heavy atom. The molecular formula is C19H18N6O. The van der Waals surface area contributed by atoms with Gasteiger partial charge in [-0.15, -0.1) is 0 Å². The molecule has 7 heteroatoms. The molecule has 0 saturated carbocycles. The third-order valence-corrected chi connectivity index (χ3v) is 4.11. The van der Waals surface area contributed by atoms with Crippen molar-refractivity contribution in [2.24, 2.45) is 0 Å². The minimum Gasteiger partial charge on any atom is -0.497 e. The van der Waals surface area contributed by atoms with Crippen molar-refractivity contribution in [3.8, 4) is 17.0 Å². The Bertz CT molecular complexity index is 998. The van der Waals surface area contributed by atoms with Gasteiger partial charge < -0.3 is 10.1 Å². The fraction of sp³-hybridized carbons (Fsp3) is 0.158. The minimum atomic E-state index is 0.561. The molecule has 0 fully saturated rings. The molecule has 7 nitrogen and oxygen atoms in total. The van der Waals surface area contributed by atoms with E-state index < -0.39 is 0 Å². The summed E-state index contributed by atoms with van der Waals surface area (Å²) >= 11 is 0. The van der Waals surface area contributed by atoms with E-state index in [4.69, 9.17) is 4.74 Å². The summed E-state index contributed by atoms with van der Waals surface area (Å²) in [6.07, 6.45) is 5.89. The first-order valence-corrected chi connectivity index (χ1v) is 8.31. The summed E-state index contributed by atoms with van der Waals surface area (Å²) in [6.45, 7) is 0.765. The first kappa shape index (κ1) is 16.0. The zero-order valence-electron chi connectivity index (χ0n) is 14.3. The lowest BCUT2D eigenvalue weighted by Gasteiger charge is -2.10. The number of nitrogens with one attached hydrogen (secondary N) is 1. The van der Waals surface area contributed by atoms with Crippen molar-refractivity contribution in [3.63, 3.8) is 0 Å². The van der Waals surface area contributed by atoms with Crippen molar-refractivity contribution >= 4 is 11.6 Å². The summed E-state index contributed by atoms with van der Waals surface area (Å²) in [5.41, 5.74) is 3.06. The lowest BCUT2D eigenvalue weighted by molar-refractivity contribution is 0.414. The Morgan fingerprint density at radius 2 is 1.88 bits per heavy atom. The highest BCUT2D eigenvalue weighted by molar-refractivity contribution is 5.64. The first-order chi connectivity index (χ1) is 12.8. The van der Waals surface area contributed by atoms with Gasteiger partial charge in [-0.25, -0.2) is 4.98 Å². The van der Waals surface area contributed by atoms with Crippen molar-refractivity contribution < 1.29 is 4.74 Å². The monoisotopic (exact) mass is 346 g/mol. The van der Waals surface area contributed by atoms with Gasteiger partial charge in [0.1, 0.15) is 17.9 Å². The van der Waals surface area contributed by atoms with Crippen LogP contribution in [0.3, 0.4) is 0 Å². The standard InChI is InChI=1S/C19H18N6O/c1-26-16-4-2-14(3-5-16)6-11-21-18-12-17(15-7-9-20-10-8-15)24-19-22-13-23-25(18)19/h2-5,7-10,12-13,21H,6,11H2,1H3. The van der Waals surface area contributed by atoms with E-state index in [0.717, 1.165) is 35.8 Å². The van der Waals surface area contributed by atoms with Crippen LogP contribution in [0.1, 0.15) is 5.56 Å². The third-order valence-electron chi connectivity index (χ3n) is 4.11. The number of aromatic nitrogens is 5. The van der Waals surface area contributed by atoms with Gasteiger partial charge >= 0.3 is 0 Å². The van der Waals surface area contributed by atoms with Gasteiger partial charge in [-0.3, -0.25) is 4.98 Å². The Morgan fingerprint density at radius 3 is 2.65 bits per heavy atom. The van der Waals surface area contributed by atoms with Crippen LogP contribution in [-0.4, -0.2) is 38.2 Å². The second kappa shape index (κ2) is 7.18. The summed E-state index contributed by atoms with van der Waals surface area (Å²) in [7, 11) is 1.67. The number of nitrogens with zero attached hydrogens (tertiary/aromatic N) is 5. The molecule has 0 saturated heterocycles. The molecule has 1 N–H and O–H groups in total. The lowest BCUT2D eigenvalue weighted by Crippen LogP contribution is -2.10. The maximum Gasteiger partial charge on any atom is 0.254 e. The van der Waals surface area contributed by atoms with E-state index in [1.54, 1.807) is 24.0 Å². The summed E-state index contributed by atoms with van der Waals surface area (Å²) in [6, 6.07) is 13.9. The number of pyridine rings is 1. The highest BCUT2D eigenvalue weighted by atomic mass is 16.5. The number of hydrogen-bond donors (Lipinski definition) is 1. The van der Waals surface area contributed by atoms with E-state index >= 15 is 0 Å². The number of anilines is 1. The van der Waals surface area contributed by atoms with Gasteiger partial charge in [0.05, 0.1) is 12.8 Å². The van der Waals surface area contributed by atoms with Crippen LogP contribution < -0.4 is 10.1 Å². The molecule has 4 aromatic rings. The maximum absolute atomic E-state index is 5.19. The van der Waals surface area contributed by atoms with Crippen molar-refractivity contribution in [2.45, 2.75) is 6.42 Å². The zero-order valence-corrected chi connectivity index (χ0v) is 14.3. The molecule has 0 spiro atoms. The number of benzene rings is 1. The van der Waals surface area contributed by atoms with Crippen LogP contribution >= 0.6 is 0 Å². The van der Waals surface area contributed by atoms with Crippen LogP contribution in [0, 0.1) is 0 Å². The summed E-state index contributed by atoms with van der Waals surface area (Å²) in [4.78, 5) is 12.8. The SMILES string of the molecule is COc1ccc(CCNc2cc(-c3ccncc3)nc3ncnn23)cc1. The van der Waals surface area contributed by atoms with Crippen LogP contribution in [0.5, 0.6) is 5.75 Å². The number of rotatable bonds is 6. The molecule has 1 aromatic carbocycles. The van der Waals surface area contributed by atoms with Gasteiger partial charge in [0.15, 0.2) is 0 Å². The molecule has 0 aliphatic carbocycles. The van der Waals surface area contributed by atoms with E-state index in [1.807, 2.05) is 30.3 Å². The topological polar surface area (TPSA) is 77.2 Å². The molecule has 3 heterocycles. The number of fused-ring (bicyclic) bond motifs is 1. The van der Waals surface area contributed by atoms with Gasteiger partial charge in [-0.1, -0.05) is 12.1 Å². The molecule has 0 atom stereocenters. The molecule has 3 aromatic heterocycles. The predicted molar refractivity (Wildman–Crippen MR) is 99.2 cm³/mol. The minimum absolute atomic E-state index is 0.561. The Labute approximate surface area is 150 Å². The molecule has 4 rings (SSSR count). The number of methoxy groups -OCH3 is 1. The molecule has 0 amide bonds. The van der Waals surface area contributed by atoms with Crippen LogP contribution in [0.4, 0.5) is 5.82 Å². The number of ether oxygens (including phenoxy) is 1. The van der Waals surface area contributed by atoms with Crippen molar-refractivity contribution in [3.05, 3.63) is 66.7 Å². The molecular weight excluding hydrogens is 328 g/mol. The lowest BCUT2D eigenvalue weighted by atomic mass is 10.1. The molecule has 0 radical (unpaired) electrons. The van der Waals surface area contributed by atoms with Crippen LogP contribution in [0.25, 0.3) is 17.0 Å². The van der Waals surface area contributed by atoms with Crippen LogP contribution in [0.2, 0.25) is 0 Å². The van der Waals surface area contributed by atoms with Gasteiger partial charge in [0, 0.05) is 30.6 Å². The van der Waals surface area contributed by atoms with E-state index in [9.17, 15) is 0 Å².